The molecule has 4 saturated carbocycles. The van der Waals surface area contributed by atoms with Gasteiger partial charge in [-0.05, 0) is 118 Å². The first-order chi connectivity index (χ1) is 14.7. The average Bonchev–Trinajstić information content (AvgIpc) is 3.08. The Kier molecular flexibility index (Phi) is 6.55. The minimum absolute atomic E-state index is 0.373. The van der Waals surface area contributed by atoms with E-state index < -0.39 is 0 Å². The van der Waals surface area contributed by atoms with Crippen molar-refractivity contribution in [3.8, 4) is 0 Å². The van der Waals surface area contributed by atoms with Crippen molar-refractivity contribution in [3.63, 3.8) is 0 Å². The van der Waals surface area contributed by atoms with E-state index in [1.54, 1.807) is 11.9 Å². The van der Waals surface area contributed by atoms with Crippen LogP contribution in [0.1, 0.15) is 98.3 Å². The van der Waals surface area contributed by atoms with Crippen molar-refractivity contribution in [1.82, 2.24) is 5.01 Å². The van der Waals surface area contributed by atoms with Gasteiger partial charge in [-0.3, -0.25) is 5.41 Å². The van der Waals surface area contributed by atoms with Gasteiger partial charge in [-0.15, -0.1) is 0 Å². The van der Waals surface area contributed by atoms with Crippen LogP contribution >= 0.6 is 0 Å². The summed E-state index contributed by atoms with van der Waals surface area (Å²) < 4.78 is 0. The van der Waals surface area contributed by atoms with E-state index in [4.69, 9.17) is 10.9 Å². The Morgan fingerprint density at radius 3 is 2.52 bits per heavy atom. The van der Waals surface area contributed by atoms with E-state index >= 15 is 0 Å². The van der Waals surface area contributed by atoms with Crippen LogP contribution in [-0.2, 0) is 0 Å². The Hall–Kier alpha value is -0.970. The maximum Gasteiger partial charge on any atom is 0.115 e. The van der Waals surface area contributed by atoms with E-state index in [-0.39, 0.29) is 5.60 Å². The number of nitrogens with one attached hydrogen (secondary N) is 2. The molecule has 0 aromatic rings. The number of hydrogen-bond acceptors (Lipinski definition) is 4. The molecule has 4 fully saturated rings. The molecule has 0 radical (unpaired) electrons. The zero-order chi connectivity index (χ0) is 22.4. The van der Waals surface area contributed by atoms with E-state index in [1.807, 2.05) is 0 Å². The lowest BCUT2D eigenvalue weighted by Crippen LogP contribution is -2.51. The maximum absolute atomic E-state index is 11.1. The number of aliphatic hydroxyl groups is 1. The molecule has 0 amide bonds. The van der Waals surface area contributed by atoms with Crippen LogP contribution in [0.2, 0.25) is 0 Å². The second-order valence-electron chi connectivity index (χ2n) is 12.1. The summed E-state index contributed by atoms with van der Waals surface area (Å²) in [6, 6.07) is 0. The van der Waals surface area contributed by atoms with Crippen LogP contribution in [0.4, 0.5) is 0 Å². The molecule has 0 bridgehead atoms. The highest BCUT2D eigenvalue weighted by atomic mass is 16.3. The molecule has 5 heteroatoms. The molecule has 5 nitrogen and oxygen atoms in total. The monoisotopic (exact) mass is 430 g/mol. The highest BCUT2D eigenvalue weighted by Gasteiger charge is 2.58. The van der Waals surface area contributed by atoms with Gasteiger partial charge in [0.2, 0.25) is 0 Å². The van der Waals surface area contributed by atoms with Crippen LogP contribution in [-0.4, -0.2) is 28.1 Å². The maximum atomic E-state index is 11.1. The van der Waals surface area contributed by atoms with Crippen LogP contribution in [0.15, 0.2) is 5.22 Å². The van der Waals surface area contributed by atoms with Crippen molar-refractivity contribution < 1.29 is 5.11 Å². The number of nitrogens with zero attached hydrogens (tertiary/aromatic N) is 2. The summed E-state index contributed by atoms with van der Waals surface area (Å²) in [5.41, 5.74) is 7.48. The lowest BCUT2D eigenvalue weighted by molar-refractivity contribution is -0.110. The lowest BCUT2D eigenvalue weighted by atomic mass is 9.48. The number of amidine groups is 1. The molecule has 0 saturated heterocycles. The molecular formula is C26H46N4O. The third-order valence-corrected chi connectivity index (χ3v) is 10.5. The van der Waals surface area contributed by atoms with Crippen LogP contribution in [0, 0.1) is 57.8 Å². The van der Waals surface area contributed by atoms with E-state index in [9.17, 15) is 5.11 Å². The van der Waals surface area contributed by atoms with Gasteiger partial charge in [0, 0.05) is 6.54 Å². The molecule has 3 N–H and O–H groups in total. The fraction of sp³-hybridized carbons (Fsp3) is 0.962. The van der Waals surface area contributed by atoms with Gasteiger partial charge in [-0.1, -0.05) is 32.4 Å². The van der Waals surface area contributed by atoms with Gasteiger partial charge < -0.3 is 5.11 Å². The second-order valence-corrected chi connectivity index (χ2v) is 12.1. The molecule has 31 heavy (non-hydrogen) atoms. The topological polar surface area (TPSA) is 83.5 Å². The van der Waals surface area contributed by atoms with E-state index in [0.717, 1.165) is 55.3 Å². The smallest absolute Gasteiger partial charge is 0.115 e. The molecule has 0 heterocycles. The Balaban J connectivity index is 1.45. The Bertz CT molecular complexity index is 682. The Morgan fingerprint density at radius 1 is 1.10 bits per heavy atom. The van der Waals surface area contributed by atoms with Gasteiger partial charge in [-0.25, -0.2) is 5.01 Å². The Labute approximate surface area is 189 Å². The third-order valence-electron chi connectivity index (χ3n) is 10.5. The van der Waals surface area contributed by atoms with Crippen molar-refractivity contribution in [1.29, 1.82) is 10.9 Å². The summed E-state index contributed by atoms with van der Waals surface area (Å²) in [5.74, 6) is 5.76. The first-order valence-electron chi connectivity index (χ1n) is 13.1. The SMILES string of the molecule is CCC[C@@]1(O)CC[C@H]2[C@@H](CC[C@@H]3[C@@H]2CC[C@]2(C)[C@@H]([C@@H](C)CN(N=N)C(C)=N)CC[C@@H]32)C1. The van der Waals surface area contributed by atoms with Crippen LogP contribution in [0.25, 0.3) is 0 Å². The van der Waals surface area contributed by atoms with Gasteiger partial charge >= 0.3 is 0 Å². The summed E-state index contributed by atoms with van der Waals surface area (Å²) in [5, 5.41) is 24.2. The summed E-state index contributed by atoms with van der Waals surface area (Å²) in [7, 11) is 0. The fourth-order valence-corrected chi connectivity index (χ4v) is 9.28. The molecule has 0 aliphatic heterocycles. The molecule has 4 aliphatic rings. The van der Waals surface area contributed by atoms with Gasteiger partial charge in [0.25, 0.3) is 0 Å². The normalized spacial score (nSPS) is 45.2. The Morgan fingerprint density at radius 2 is 1.84 bits per heavy atom. The summed E-state index contributed by atoms with van der Waals surface area (Å²) in [6.07, 6.45) is 13.5. The van der Waals surface area contributed by atoms with Gasteiger partial charge in [0.1, 0.15) is 5.84 Å². The largest absolute Gasteiger partial charge is 0.390 e. The van der Waals surface area contributed by atoms with E-state index in [0.29, 0.717) is 29.6 Å². The predicted octanol–water partition coefficient (Wildman–Crippen LogP) is 6.67. The van der Waals surface area contributed by atoms with Gasteiger partial charge in [-0.2, -0.15) is 5.53 Å². The lowest BCUT2D eigenvalue weighted by Gasteiger charge is -2.57. The molecule has 0 aromatic heterocycles. The third kappa shape index (κ3) is 4.09. The van der Waals surface area contributed by atoms with Gasteiger partial charge in [0.05, 0.1) is 5.60 Å². The molecule has 4 rings (SSSR count). The molecule has 4 aliphatic carbocycles. The molecular weight excluding hydrogens is 384 g/mol. The van der Waals surface area contributed by atoms with Gasteiger partial charge in [0.15, 0.2) is 0 Å². The van der Waals surface area contributed by atoms with E-state index in [2.05, 4.69) is 26.0 Å². The van der Waals surface area contributed by atoms with Crippen LogP contribution in [0.3, 0.4) is 0 Å². The van der Waals surface area contributed by atoms with Crippen molar-refractivity contribution in [2.45, 2.75) is 104 Å². The minimum Gasteiger partial charge on any atom is -0.390 e. The van der Waals surface area contributed by atoms with Crippen molar-refractivity contribution >= 4 is 5.84 Å². The van der Waals surface area contributed by atoms with Crippen molar-refractivity contribution in [3.05, 3.63) is 0 Å². The second kappa shape index (κ2) is 8.76. The first kappa shape index (κ1) is 23.2. The molecule has 0 spiro atoms. The summed E-state index contributed by atoms with van der Waals surface area (Å²) >= 11 is 0. The summed E-state index contributed by atoms with van der Waals surface area (Å²) in [4.78, 5) is 0. The highest BCUT2D eigenvalue weighted by Crippen LogP contribution is 2.65. The molecule has 176 valence electrons. The van der Waals surface area contributed by atoms with Crippen molar-refractivity contribution in [2.75, 3.05) is 6.54 Å². The first-order valence-corrected chi connectivity index (χ1v) is 13.1. The van der Waals surface area contributed by atoms with E-state index in [1.165, 1.54) is 44.9 Å². The quantitative estimate of drug-likeness (QED) is 0.190. The summed E-state index contributed by atoms with van der Waals surface area (Å²) in [6.45, 7) is 9.56. The number of fused-ring (bicyclic) bond motifs is 5. The minimum atomic E-state index is -0.373. The van der Waals surface area contributed by atoms with Crippen LogP contribution in [0.5, 0.6) is 0 Å². The molecule has 0 aromatic carbocycles. The zero-order valence-electron chi connectivity index (χ0n) is 20.4. The fourth-order valence-electron chi connectivity index (χ4n) is 9.28. The van der Waals surface area contributed by atoms with Crippen LogP contribution < -0.4 is 0 Å². The zero-order valence-corrected chi connectivity index (χ0v) is 20.4. The standard InChI is InChI=1S/C26H46N4O/c1-5-12-26(31)14-11-20-19(15-26)6-7-22-21(20)10-13-25(4)23(8-9-24(22)25)17(2)16-30(29-28)18(3)27/h17,19-24,27-28,31H,5-16H2,1-4H3/t17-,19-,20-,21+,22+,23+,24-,25+,26+/m0/s1. The molecule has 0 unspecified atom stereocenters. The number of hydrogen-bond donors (Lipinski definition) is 3. The number of rotatable bonds is 6. The molecule has 9 atom stereocenters. The highest BCUT2D eigenvalue weighted by molar-refractivity contribution is 5.75. The predicted molar refractivity (Wildman–Crippen MR) is 125 cm³/mol. The van der Waals surface area contributed by atoms with Crippen molar-refractivity contribution in [2.24, 2.45) is 52.1 Å². The average molecular weight is 431 g/mol.